The number of likely N-dealkylation sites (tertiary alicyclic amines) is 1. The minimum atomic E-state index is -0.266. The summed E-state index contributed by atoms with van der Waals surface area (Å²) in [6.07, 6.45) is 3.42. The number of amides is 3. The molecule has 3 aromatic rings. The number of hydrogen-bond donors (Lipinski definition) is 2. The average Bonchev–Trinajstić information content (AvgIpc) is 2.85. The highest BCUT2D eigenvalue weighted by Crippen LogP contribution is 2.19. The maximum Gasteiger partial charge on any atom is 0.251 e. The summed E-state index contributed by atoms with van der Waals surface area (Å²) in [6, 6.07) is 17.1. The third kappa shape index (κ3) is 5.74. The quantitative estimate of drug-likeness (QED) is 0.608. The second-order valence-electron chi connectivity index (χ2n) is 8.46. The number of carbonyl (C=O) groups excluding carboxylic acids is 3. The third-order valence-electron chi connectivity index (χ3n) is 5.94. The van der Waals surface area contributed by atoms with Crippen molar-refractivity contribution in [1.82, 2.24) is 15.2 Å². The van der Waals surface area contributed by atoms with Gasteiger partial charge in [0.1, 0.15) is 5.82 Å². The van der Waals surface area contributed by atoms with Crippen LogP contribution >= 0.6 is 0 Å². The summed E-state index contributed by atoms with van der Waals surface area (Å²) in [5, 5.41) is 7.75. The molecule has 4 rings (SSSR count). The first kappa shape index (κ1) is 22.5. The maximum atomic E-state index is 12.7. The van der Waals surface area contributed by atoms with Gasteiger partial charge in [-0.2, -0.15) is 0 Å². The second-order valence-corrected chi connectivity index (χ2v) is 8.46. The van der Waals surface area contributed by atoms with Crippen LogP contribution in [0.3, 0.4) is 0 Å². The molecule has 0 radical (unpaired) electrons. The SMILES string of the molecule is Cc1ccc(NC(=O)C2CCCN(C(=O)CCNC(=O)c3ccc4ccccc4c3)C2)nc1. The zero-order chi connectivity index (χ0) is 23.2. The fourth-order valence-corrected chi connectivity index (χ4v) is 4.06. The second kappa shape index (κ2) is 10.3. The van der Waals surface area contributed by atoms with Crippen LogP contribution in [0.5, 0.6) is 0 Å². The summed E-state index contributed by atoms with van der Waals surface area (Å²) in [6.45, 7) is 3.21. The smallest absolute Gasteiger partial charge is 0.251 e. The number of piperidine rings is 1. The van der Waals surface area contributed by atoms with E-state index in [0.29, 0.717) is 24.5 Å². The van der Waals surface area contributed by atoms with Gasteiger partial charge in [-0.05, 0) is 54.3 Å². The lowest BCUT2D eigenvalue weighted by molar-refractivity contribution is -0.134. The van der Waals surface area contributed by atoms with Gasteiger partial charge in [-0.15, -0.1) is 0 Å². The van der Waals surface area contributed by atoms with E-state index in [0.717, 1.165) is 29.2 Å². The Hall–Kier alpha value is -3.74. The Labute approximate surface area is 193 Å². The molecule has 1 aliphatic rings. The van der Waals surface area contributed by atoms with Crippen molar-refractivity contribution < 1.29 is 14.4 Å². The number of benzene rings is 2. The number of hydrogen-bond acceptors (Lipinski definition) is 4. The van der Waals surface area contributed by atoms with Crippen molar-refractivity contribution in [2.75, 3.05) is 25.0 Å². The summed E-state index contributed by atoms with van der Waals surface area (Å²) in [5.74, 6) is -0.119. The van der Waals surface area contributed by atoms with Gasteiger partial charge >= 0.3 is 0 Å². The van der Waals surface area contributed by atoms with Crippen molar-refractivity contribution >= 4 is 34.3 Å². The van der Waals surface area contributed by atoms with Gasteiger partial charge < -0.3 is 15.5 Å². The lowest BCUT2D eigenvalue weighted by Crippen LogP contribution is -2.44. The van der Waals surface area contributed by atoms with E-state index in [1.54, 1.807) is 23.2 Å². The monoisotopic (exact) mass is 444 g/mol. The normalized spacial score (nSPS) is 15.8. The highest BCUT2D eigenvalue weighted by molar-refractivity contribution is 5.98. The lowest BCUT2D eigenvalue weighted by Gasteiger charge is -2.32. The number of aromatic nitrogens is 1. The molecule has 3 amide bonds. The highest BCUT2D eigenvalue weighted by atomic mass is 16.2. The van der Waals surface area contributed by atoms with E-state index in [-0.39, 0.29) is 36.6 Å². The number of nitrogens with zero attached hydrogens (tertiary/aromatic N) is 2. The van der Waals surface area contributed by atoms with Crippen molar-refractivity contribution in [3.05, 3.63) is 71.9 Å². The van der Waals surface area contributed by atoms with Gasteiger partial charge in [0, 0.05) is 37.8 Å². The first-order valence-electron chi connectivity index (χ1n) is 11.3. The first-order chi connectivity index (χ1) is 16.0. The maximum absolute atomic E-state index is 12.7. The molecule has 1 saturated heterocycles. The topological polar surface area (TPSA) is 91.4 Å². The first-order valence-corrected chi connectivity index (χ1v) is 11.3. The van der Waals surface area contributed by atoms with Crippen LogP contribution in [0.25, 0.3) is 10.8 Å². The van der Waals surface area contributed by atoms with Gasteiger partial charge in [0.05, 0.1) is 5.92 Å². The molecule has 2 aromatic carbocycles. The minimum absolute atomic E-state index is 0.0558. The van der Waals surface area contributed by atoms with Crippen LogP contribution in [0.2, 0.25) is 0 Å². The molecule has 0 aliphatic carbocycles. The van der Waals surface area contributed by atoms with Crippen LogP contribution in [0, 0.1) is 12.8 Å². The van der Waals surface area contributed by atoms with E-state index in [4.69, 9.17) is 0 Å². The van der Waals surface area contributed by atoms with Crippen molar-refractivity contribution in [2.45, 2.75) is 26.2 Å². The molecule has 1 unspecified atom stereocenters. The molecule has 1 fully saturated rings. The summed E-state index contributed by atoms with van der Waals surface area (Å²) >= 11 is 0. The molecule has 1 aliphatic heterocycles. The van der Waals surface area contributed by atoms with E-state index < -0.39 is 0 Å². The largest absolute Gasteiger partial charge is 0.352 e. The number of anilines is 1. The minimum Gasteiger partial charge on any atom is -0.352 e. The lowest BCUT2D eigenvalue weighted by atomic mass is 9.97. The molecule has 1 aromatic heterocycles. The number of rotatable bonds is 6. The van der Waals surface area contributed by atoms with Crippen molar-refractivity contribution in [2.24, 2.45) is 5.92 Å². The van der Waals surface area contributed by atoms with Gasteiger partial charge in [-0.25, -0.2) is 4.98 Å². The molecule has 0 saturated carbocycles. The number of fused-ring (bicyclic) bond motifs is 1. The zero-order valence-electron chi connectivity index (χ0n) is 18.7. The van der Waals surface area contributed by atoms with E-state index in [1.807, 2.05) is 49.4 Å². The Bertz CT molecular complexity index is 1160. The Kier molecular flexibility index (Phi) is 6.98. The predicted molar refractivity (Wildman–Crippen MR) is 128 cm³/mol. The Balaban J connectivity index is 1.25. The standard InChI is InChI=1S/C26H28N4O3/c1-18-8-11-23(28-16-18)29-26(33)22-7-4-14-30(17-22)24(31)12-13-27-25(32)21-10-9-19-5-2-3-6-20(19)15-21/h2-3,5-6,8-11,15-16,22H,4,7,12-14,17H2,1H3,(H,27,32)(H,28,29,33). The number of aryl methyl sites for hydroxylation is 1. The molecule has 7 nitrogen and oxygen atoms in total. The van der Waals surface area contributed by atoms with Gasteiger partial charge in [0.2, 0.25) is 11.8 Å². The van der Waals surface area contributed by atoms with E-state index in [2.05, 4.69) is 15.6 Å². The molecule has 1 atom stereocenters. The molecule has 2 heterocycles. The van der Waals surface area contributed by atoms with Crippen LogP contribution in [-0.2, 0) is 9.59 Å². The van der Waals surface area contributed by atoms with Crippen LogP contribution in [-0.4, -0.2) is 47.2 Å². The van der Waals surface area contributed by atoms with E-state index in [1.165, 1.54) is 0 Å². The summed E-state index contributed by atoms with van der Waals surface area (Å²) in [7, 11) is 0. The van der Waals surface area contributed by atoms with Gasteiger partial charge in [-0.3, -0.25) is 14.4 Å². The highest BCUT2D eigenvalue weighted by Gasteiger charge is 2.28. The Morgan fingerprint density at radius 3 is 2.67 bits per heavy atom. The molecule has 0 spiro atoms. The number of nitrogens with one attached hydrogen (secondary N) is 2. The average molecular weight is 445 g/mol. The van der Waals surface area contributed by atoms with Crippen LogP contribution in [0.1, 0.15) is 35.2 Å². The summed E-state index contributed by atoms with van der Waals surface area (Å²) in [5.41, 5.74) is 1.59. The Morgan fingerprint density at radius 2 is 1.88 bits per heavy atom. The van der Waals surface area contributed by atoms with Gasteiger partial charge in [0.25, 0.3) is 5.91 Å². The molecule has 2 N–H and O–H groups in total. The van der Waals surface area contributed by atoms with Crippen molar-refractivity contribution in [1.29, 1.82) is 0 Å². The van der Waals surface area contributed by atoms with Crippen molar-refractivity contribution in [3.8, 4) is 0 Å². The third-order valence-corrected chi connectivity index (χ3v) is 5.94. The summed E-state index contributed by atoms with van der Waals surface area (Å²) < 4.78 is 0. The Morgan fingerprint density at radius 1 is 1.06 bits per heavy atom. The van der Waals surface area contributed by atoms with Gasteiger partial charge in [-0.1, -0.05) is 36.4 Å². The summed E-state index contributed by atoms with van der Waals surface area (Å²) in [4.78, 5) is 43.7. The van der Waals surface area contributed by atoms with Gasteiger partial charge in [0.15, 0.2) is 0 Å². The molecular weight excluding hydrogens is 416 g/mol. The fraction of sp³-hybridized carbons (Fsp3) is 0.308. The van der Waals surface area contributed by atoms with E-state index >= 15 is 0 Å². The van der Waals surface area contributed by atoms with E-state index in [9.17, 15) is 14.4 Å². The fourth-order valence-electron chi connectivity index (χ4n) is 4.06. The number of pyridine rings is 1. The molecule has 33 heavy (non-hydrogen) atoms. The molecule has 0 bridgehead atoms. The molecule has 170 valence electrons. The molecule has 7 heteroatoms. The molecular formula is C26H28N4O3. The van der Waals surface area contributed by atoms with Crippen molar-refractivity contribution in [3.63, 3.8) is 0 Å². The van der Waals surface area contributed by atoms with Crippen LogP contribution in [0.15, 0.2) is 60.8 Å². The zero-order valence-corrected chi connectivity index (χ0v) is 18.7. The van der Waals surface area contributed by atoms with Crippen LogP contribution in [0.4, 0.5) is 5.82 Å². The predicted octanol–water partition coefficient (Wildman–Crippen LogP) is 3.54. The number of carbonyl (C=O) groups is 3. The van der Waals surface area contributed by atoms with Crippen LogP contribution < -0.4 is 10.6 Å².